The molecule has 5 nitrogen and oxygen atoms in total. The van der Waals surface area contributed by atoms with Crippen molar-refractivity contribution < 1.29 is 14.3 Å². The molecule has 0 bridgehead atoms. The largest absolute Gasteiger partial charge is 0.376 e. The van der Waals surface area contributed by atoms with E-state index in [2.05, 4.69) is 5.32 Å². The number of hydrogen-bond acceptors (Lipinski definition) is 4. The first-order chi connectivity index (χ1) is 7.79. The Labute approximate surface area is 95.7 Å². The molecule has 1 unspecified atom stereocenters. The van der Waals surface area contributed by atoms with E-state index in [1.165, 1.54) is 0 Å². The molecule has 0 spiro atoms. The second-order valence-electron chi connectivity index (χ2n) is 4.44. The second kappa shape index (κ2) is 5.61. The predicted molar refractivity (Wildman–Crippen MR) is 58.9 cm³/mol. The first-order valence-electron chi connectivity index (χ1n) is 6.04. The van der Waals surface area contributed by atoms with Crippen molar-refractivity contribution in [3.8, 4) is 0 Å². The van der Waals surface area contributed by atoms with Crippen molar-refractivity contribution in [3.63, 3.8) is 0 Å². The molecule has 2 heterocycles. The highest BCUT2D eigenvalue weighted by Gasteiger charge is 2.30. The first-order valence-corrected chi connectivity index (χ1v) is 6.04. The molecule has 2 aliphatic heterocycles. The van der Waals surface area contributed by atoms with Gasteiger partial charge in [-0.05, 0) is 25.7 Å². The maximum absolute atomic E-state index is 11.7. The molecule has 0 aromatic heterocycles. The van der Waals surface area contributed by atoms with Crippen molar-refractivity contribution in [2.45, 2.75) is 44.0 Å². The van der Waals surface area contributed by atoms with Gasteiger partial charge in [-0.3, -0.25) is 4.79 Å². The maximum Gasteiger partial charge on any atom is 0.249 e. The van der Waals surface area contributed by atoms with Gasteiger partial charge in [-0.2, -0.15) is 0 Å². The Morgan fingerprint density at radius 3 is 2.81 bits per heavy atom. The van der Waals surface area contributed by atoms with Crippen LogP contribution in [0.4, 0.5) is 0 Å². The Bertz CT molecular complexity index is 241. The Hall–Kier alpha value is -0.650. The van der Waals surface area contributed by atoms with Crippen molar-refractivity contribution in [2.24, 2.45) is 5.73 Å². The molecule has 0 saturated carbocycles. The minimum Gasteiger partial charge on any atom is -0.376 e. The van der Waals surface area contributed by atoms with Crippen LogP contribution in [0.15, 0.2) is 0 Å². The summed E-state index contributed by atoms with van der Waals surface area (Å²) in [6, 6.07) is 0. The molecule has 0 aliphatic carbocycles. The second-order valence-corrected chi connectivity index (χ2v) is 4.44. The van der Waals surface area contributed by atoms with Gasteiger partial charge in [0.15, 0.2) is 0 Å². The van der Waals surface area contributed by atoms with Crippen molar-refractivity contribution in [3.05, 3.63) is 0 Å². The Kier molecular flexibility index (Phi) is 4.15. The summed E-state index contributed by atoms with van der Waals surface area (Å²) in [5, 5.41) is 2.88. The summed E-state index contributed by atoms with van der Waals surface area (Å²) in [6.45, 7) is 1.91. The van der Waals surface area contributed by atoms with Gasteiger partial charge in [0.25, 0.3) is 0 Å². The summed E-state index contributed by atoms with van der Waals surface area (Å²) in [6.07, 6.45) is 3.73. The van der Waals surface area contributed by atoms with E-state index in [1.54, 1.807) is 0 Å². The summed E-state index contributed by atoms with van der Waals surface area (Å²) in [5.41, 5.74) is 5.49. The molecule has 1 amide bonds. The smallest absolute Gasteiger partial charge is 0.249 e. The van der Waals surface area contributed by atoms with Gasteiger partial charge in [0.1, 0.15) is 6.10 Å². The minimum absolute atomic E-state index is 0.0218. The molecule has 92 valence electrons. The summed E-state index contributed by atoms with van der Waals surface area (Å²) in [7, 11) is 0. The average Bonchev–Trinajstić information content (AvgIpc) is 2.96. The highest BCUT2D eigenvalue weighted by molar-refractivity contribution is 5.81. The summed E-state index contributed by atoms with van der Waals surface area (Å²) < 4.78 is 10.9. The predicted octanol–water partition coefficient (Wildman–Crippen LogP) is -0.212. The molecule has 0 aromatic carbocycles. The fraction of sp³-hybridized carbons (Fsp3) is 0.909. The van der Waals surface area contributed by atoms with Crippen molar-refractivity contribution in [2.75, 3.05) is 19.7 Å². The third-order valence-corrected chi connectivity index (χ3v) is 3.19. The van der Waals surface area contributed by atoms with Gasteiger partial charge >= 0.3 is 0 Å². The number of nitrogens with one attached hydrogen (secondary N) is 1. The number of carbonyl (C=O) groups excluding carboxylic acids is 1. The first kappa shape index (κ1) is 11.8. The van der Waals surface area contributed by atoms with Gasteiger partial charge in [0.2, 0.25) is 5.91 Å². The number of rotatable bonds is 4. The molecule has 0 aromatic rings. The quantitative estimate of drug-likeness (QED) is 0.698. The molecule has 5 heteroatoms. The number of carbonyl (C=O) groups is 1. The molecule has 0 radical (unpaired) electrons. The maximum atomic E-state index is 11.7. The van der Waals surface area contributed by atoms with Gasteiger partial charge in [0, 0.05) is 19.7 Å². The van der Waals surface area contributed by atoms with E-state index in [4.69, 9.17) is 15.2 Å². The van der Waals surface area contributed by atoms with Gasteiger partial charge in [-0.15, -0.1) is 0 Å². The zero-order chi connectivity index (χ0) is 11.4. The number of nitrogens with two attached hydrogens (primary N) is 1. The molecule has 2 saturated heterocycles. The molecule has 16 heavy (non-hydrogen) atoms. The third kappa shape index (κ3) is 2.93. The van der Waals surface area contributed by atoms with Crippen molar-refractivity contribution >= 4 is 5.91 Å². The van der Waals surface area contributed by atoms with Crippen molar-refractivity contribution in [1.29, 1.82) is 0 Å². The standard InChI is InChI=1S/C11H20N2O3/c12-6-8-3-4-10(16-8)11(14)13-7-9-2-1-5-15-9/h8-10H,1-7,12H2,(H,13,14)/t8-,9?,10+/m1/s1. The van der Waals surface area contributed by atoms with E-state index in [9.17, 15) is 4.79 Å². The van der Waals surface area contributed by atoms with E-state index < -0.39 is 0 Å². The van der Waals surface area contributed by atoms with Crippen LogP contribution in [-0.4, -0.2) is 43.9 Å². The van der Waals surface area contributed by atoms with Crippen LogP contribution >= 0.6 is 0 Å². The zero-order valence-electron chi connectivity index (χ0n) is 9.48. The normalized spacial score (nSPS) is 34.2. The van der Waals surface area contributed by atoms with Crippen LogP contribution in [-0.2, 0) is 14.3 Å². The van der Waals surface area contributed by atoms with E-state index >= 15 is 0 Å². The zero-order valence-corrected chi connectivity index (χ0v) is 9.48. The Morgan fingerprint density at radius 1 is 1.31 bits per heavy atom. The Balaban J connectivity index is 1.67. The highest BCUT2D eigenvalue weighted by atomic mass is 16.5. The van der Waals surface area contributed by atoms with Crippen LogP contribution in [0.1, 0.15) is 25.7 Å². The average molecular weight is 228 g/mol. The monoisotopic (exact) mass is 228 g/mol. The fourth-order valence-corrected chi connectivity index (χ4v) is 2.21. The van der Waals surface area contributed by atoms with E-state index in [0.29, 0.717) is 13.1 Å². The van der Waals surface area contributed by atoms with Gasteiger partial charge in [-0.25, -0.2) is 0 Å². The Morgan fingerprint density at radius 2 is 2.19 bits per heavy atom. The third-order valence-electron chi connectivity index (χ3n) is 3.19. The number of ether oxygens (including phenoxy) is 2. The minimum atomic E-state index is -0.310. The van der Waals surface area contributed by atoms with E-state index in [1.807, 2.05) is 0 Å². The van der Waals surface area contributed by atoms with Crippen LogP contribution in [0.25, 0.3) is 0 Å². The summed E-state index contributed by atoms with van der Waals surface area (Å²) >= 11 is 0. The lowest BCUT2D eigenvalue weighted by Gasteiger charge is -2.15. The molecule has 2 aliphatic rings. The molecular weight excluding hydrogens is 208 g/mol. The van der Waals surface area contributed by atoms with Gasteiger partial charge in [0.05, 0.1) is 12.2 Å². The topological polar surface area (TPSA) is 73.6 Å². The lowest BCUT2D eigenvalue weighted by molar-refractivity contribution is -0.132. The number of amides is 1. The van der Waals surface area contributed by atoms with Crippen LogP contribution in [0.2, 0.25) is 0 Å². The highest BCUT2D eigenvalue weighted by Crippen LogP contribution is 2.19. The lowest BCUT2D eigenvalue weighted by Crippen LogP contribution is -2.39. The molecule has 3 N–H and O–H groups in total. The number of hydrogen-bond donors (Lipinski definition) is 2. The summed E-state index contributed by atoms with van der Waals surface area (Å²) in [4.78, 5) is 11.7. The SMILES string of the molecule is NC[C@H]1CC[C@@H](C(=O)NCC2CCCO2)O1. The van der Waals surface area contributed by atoms with Gasteiger partial charge in [-0.1, -0.05) is 0 Å². The fourth-order valence-electron chi connectivity index (χ4n) is 2.21. The van der Waals surface area contributed by atoms with E-state index in [-0.39, 0.29) is 24.2 Å². The van der Waals surface area contributed by atoms with Crippen LogP contribution in [0.5, 0.6) is 0 Å². The molecule has 2 fully saturated rings. The lowest BCUT2D eigenvalue weighted by atomic mass is 10.2. The summed E-state index contributed by atoms with van der Waals surface area (Å²) in [5.74, 6) is -0.0218. The van der Waals surface area contributed by atoms with Crippen LogP contribution in [0.3, 0.4) is 0 Å². The van der Waals surface area contributed by atoms with Crippen LogP contribution in [0, 0.1) is 0 Å². The molecular formula is C11H20N2O3. The van der Waals surface area contributed by atoms with Crippen molar-refractivity contribution in [1.82, 2.24) is 5.32 Å². The molecule has 3 atom stereocenters. The van der Waals surface area contributed by atoms with E-state index in [0.717, 1.165) is 32.3 Å². The van der Waals surface area contributed by atoms with Gasteiger partial charge < -0.3 is 20.5 Å². The van der Waals surface area contributed by atoms with Crippen LogP contribution < -0.4 is 11.1 Å². The molecule has 2 rings (SSSR count).